The number of amides is 1. The number of piperazine rings is 1. The Labute approximate surface area is 152 Å². The first-order valence-electron chi connectivity index (χ1n) is 8.88. The maximum atomic E-state index is 12.8. The Morgan fingerprint density at radius 1 is 1.08 bits per heavy atom. The predicted octanol–water partition coefficient (Wildman–Crippen LogP) is 2.04. The summed E-state index contributed by atoms with van der Waals surface area (Å²) < 4.78 is 1.92. The van der Waals surface area contributed by atoms with Crippen LogP contribution in [0.5, 0.6) is 0 Å². The summed E-state index contributed by atoms with van der Waals surface area (Å²) >= 11 is 0. The molecule has 1 aliphatic heterocycles. The molecule has 4 rings (SSSR count). The lowest BCUT2D eigenvalue weighted by molar-refractivity contribution is -0.134. The number of benzene rings is 1. The molecule has 0 N–H and O–H groups in total. The number of carbonyl (C=O) groups is 1. The quantitative estimate of drug-likeness (QED) is 0.723. The highest BCUT2D eigenvalue weighted by atomic mass is 16.2. The number of para-hydroxylation sites is 1. The minimum Gasteiger partial charge on any atom is -0.352 e. The van der Waals surface area contributed by atoms with E-state index in [-0.39, 0.29) is 11.9 Å². The van der Waals surface area contributed by atoms with Gasteiger partial charge in [-0.25, -0.2) is 15.0 Å². The van der Waals surface area contributed by atoms with Crippen molar-refractivity contribution >= 4 is 22.6 Å². The molecule has 0 radical (unpaired) electrons. The number of hydrogen-bond donors (Lipinski definition) is 0. The van der Waals surface area contributed by atoms with Crippen LogP contribution in [-0.2, 0) is 4.79 Å². The van der Waals surface area contributed by atoms with E-state index in [0.717, 1.165) is 35.6 Å². The monoisotopic (exact) mass is 350 g/mol. The second kappa shape index (κ2) is 6.74. The van der Waals surface area contributed by atoms with E-state index in [1.165, 1.54) is 0 Å². The lowest BCUT2D eigenvalue weighted by atomic mass is 10.2. The number of fused-ring (bicyclic) bond motifs is 1. The standard InChI is InChI=1S/C19H22N6O/c1-14(25-8-7-20-15(25)2)19(26)24-11-9-23(10-12-24)18-16-5-3-4-6-17(16)21-13-22-18/h3-8,13-14H,9-12H2,1-2H3. The molecule has 1 unspecified atom stereocenters. The zero-order valence-electron chi connectivity index (χ0n) is 15.0. The highest BCUT2D eigenvalue weighted by Gasteiger charge is 2.27. The summed E-state index contributed by atoms with van der Waals surface area (Å²) in [5.74, 6) is 1.94. The molecule has 1 saturated heterocycles. The van der Waals surface area contributed by atoms with Gasteiger partial charge in [0.25, 0.3) is 0 Å². The van der Waals surface area contributed by atoms with Gasteiger partial charge >= 0.3 is 0 Å². The number of imidazole rings is 1. The van der Waals surface area contributed by atoms with Crippen LogP contribution in [-0.4, -0.2) is 56.5 Å². The van der Waals surface area contributed by atoms with Gasteiger partial charge in [-0.05, 0) is 26.0 Å². The Balaban J connectivity index is 1.47. The smallest absolute Gasteiger partial charge is 0.245 e. The normalized spacial score (nSPS) is 16.1. The first kappa shape index (κ1) is 16.5. The van der Waals surface area contributed by atoms with Gasteiger partial charge in [-0.1, -0.05) is 12.1 Å². The molecule has 0 spiro atoms. The third-order valence-electron chi connectivity index (χ3n) is 5.05. The summed E-state index contributed by atoms with van der Waals surface area (Å²) in [6.07, 6.45) is 5.21. The van der Waals surface area contributed by atoms with Crippen LogP contribution < -0.4 is 4.90 Å². The van der Waals surface area contributed by atoms with Gasteiger partial charge in [0.2, 0.25) is 5.91 Å². The van der Waals surface area contributed by atoms with E-state index >= 15 is 0 Å². The number of hydrogen-bond acceptors (Lipinski definition) is 5. The van der Waals surface area contributed by atoms with E-state index in [0.29, 0.717) is 13.1 Å². The minimum absolute atomic E-state index is 0.137. The van der Waals surface area contributed by atoms with Gasteiger partial charge < -0.3 is 14.4 Å². The molecule has 134 valence electrons. The Morgan fingerprint density at radius 2 is 1.85 bits per heavy atom. The minimum atomic E-state index is -0.232. The van der Waals surface area contributed by atoms with Gasteiger partial charge in [0.1, 0.15) is 24.0 Å². The number of aromatic nitrogens is 4. The Hall–Kier alpha value is -2.96. The van der Waals surface area contributed by atoms with Crippen LogP contribution in [0.3, 0.4) is 0 Å². The summed E-state index contributed by atoms with van der Waals surface area (Å²) in [5.41, 5.74) is 0.945. The van der Waals surface area contributed by atoms with Crippen LogP contribution in [0.2, 0.25) is 0 Å². The summed E-state index contributed by atoms with van der Waals surface area (Å²) in [5, 5.41) is 1.05. The largest absolute Gasteiger partial charge is 0.352 e. The molecule has 1 amide bonds. The van der Waals surface area contributed by atoms with E-state index in [1.54, 1.807) is 12.5 Å². The highest BCUT2D eigenvalue weighted by Crippen LogP contribution is 2.24. The van der Waals surface area contributed by atoms with Gasteiger partial charge in [0, 0.05) is 44.0 Å². The van der Waals surface area contributed by atoms with Crippen molar-refractivity contribution in [2.24, 2.45) is 0 Å². The van der Waals surface area contributed by atoms with Crippen LogP contribution in [0.15, 0.2) is 43.0 Å². The van der Waals surface area contributed by atoms with Gasteiger partial charge in [-0.15, -0.1) is 0 Å². The summed E-state index contributed by atoms with van der Waals surface area (Å²) in [6, 6.07) is 7.80. The van der Waals surface area contributed by atoms with E-state index in [4.69, 9.17) is 0 Å². The molecule has 7 heteroatoms. The number of nitrogens with zero attached hydrogens (tertiary/aromatic N) is 6. The van der Waals surface area contributed by atoms with Gasteiger partial charge in [-0.2, -0.15) is 0 Å². The van der Waals surface area contributed by atoms with Crippen LogP contribution in [0.4, 0.5) is 5.82 Å². The summed E-state index contributed by atoms with van der Waals surface area (Å²) in [6.45, 7) is 6.76. The van der Waals surface area contributed by atoms with Crippen LogP contribution in [0.25, 0.3) is 10.9 Å². The molecule has 0 aliphatic carbocycles. The van der Waals surface area contributed by atoms with Crippen molar-refractivity contribution in [3.8, 4) is 0 Å². The molecule has 1 fully saturated rings. The fourth-order valence-electron chi connectivity index (χ4n) is 3.56. The molecule has 1 aromatic carbocycles. The lowest BCUT2D eigenvalue weighted by Gasteiger charge is -2.37. The van der Waals surface area contributed by atoms with Crippen molar-refractivity contribution < 1.29 is 4.79 Å². The number of aryl methyl sites for hydroxylation is 1. The van der Waals surface area contributed by atoms with E-state index in [1.807, 2.05) is 53.8 Å². The average Bonchev–Trinajstić information content (AvgIpc) is 3.12. The van der Waals surface area contributed by atoms with Gasteiger partial charge in [-0.3, -0.25) is 4.79 Å². The Kier molecular flexibility index (Phi) is 4.28. The molecule has 0 saturated carbocycles. The molecule has 0 bridgehead atoms. The lowest BCUT2D eigenvalue weighted by Crippen LogP contribution is -2.50. The number of carbonyl (C=O) groups excluding carboxylic acids is 1. The maximum absolute atomic E-state index is 12.8. The van der Waals surface area contributed by atoms with E-state index < -0.39 is 0 Å². The Morgan fingerprint density at radius 3 is 2.58 bits per heavy atom. The topological polar surface area (TPSA) is 67.2 Å². The molecular weight excluding hydrogens is 328 g/mol. The highest BCUT2D eigenvalue weighted by molar-refractivity contribution is 5.89. The Bertz CT molecular complexity index is 923. The van der Waals surface area contributed by atoms with Crippen LogP contribution in [0.1, 0.15) is 18.8 Å². The molecular formula is C19H22N6O. The van der Waals surface area contributed by atoms with E-state index in [2.05, 4.69) is 19.9 Å². The fraction of sp³-hybridized carbons (Fsp3) is 0.368. The van der Waals surface area contributed by atoms with Crippen molar-refractivity contribution in [2.45, 2.75) is 19.9 Å². The molecule has 3 aromatic rings. The fourth-order valence-corrected chi connectivity index (χ4v) is 3.56. The van der Waals surface area contributed by atoms with Crippen LogP contribution >= 0.6 is 0 Å². The molecule has 26 heavy (non-hydrogen) atoms. The molecule has 7 nitrogen and oxygen atoms in total. The zero-order chi connectivity index (χ0) is 18.1. The van der Waals surface area contributed by atoms with Gasteiger partial charge in [0.15, 0.2) is 0 Å². The summed E-state index contributed by atoms with van der Waals surface area (Å²) in [4.78, 5) is 30.0. The second-order valence-corrected chi connectivity index (χ2v) is 6.58. The molecule has 1 atom stereocenters. The molecule has 1 aliphatic rings. The van der Waals surface area contributed by atoms with Crippen molar-refractivity contribution in [2.75, 3.05) is 31.1 Å². The SMILES string of the molecule is Cc1nccn1C(C)C(=O)N1CCN(c2ncnc3ccccc23)CC1. The first-order chi connectivity index (χ1) is 12.6. The molecule has 2 aromatic heterocycles. The van der Waals surface area contributed by atoms with Crippen molar-refractivity contribution in [3.63, 3.8) is 0 Å². The number of anilines is 1. The van der Waals surface area contributed by atoms with Crippen molar-refractivity contribution in [1.82, 2.24) is 24.4 Å². The zero-order valence-corrected chi connectivity index (χ0v) is 15.0. The van der Waals surface area contributed by atoms with Crippen LogP contribution in [0, 0.1) is 6.92 Å². The van der Waals surface area contributed by atoms with Gasteiger partial charge in [0.05, 0.1) is 5.52 Å². The third kappa shape index (κ3) is 2.89. The predicted molar refractivity (Wildman–Crippen MR) is 100 cm³/mol. The maximum Gasteiger partial charge on any atom is 0.245 e. The van der Waals surface area contributed by atoms with Crippen molar-refractivity contribution in [1.29, 1.82) is 0 Å². The summed E-state index contributed by atoms with van der Waals surface area (Å²) in [7, 11) is 0. The molecule has 3 heterocycles. The van der Waals surface area contributed by atoms with E-state index in [9.17, 15) is 4.79 Å². The number of rotatable bonds is 3. The first-order valence-corrected chi connectivity index (χ1v) is 8.88. The van der Waals surface area contributed by atoms with Crippen molar-refractivity contribution in [3.05, 3.63) is 48.8 Å². The average molecular weight is 350 g/mol. The second-order valence-electron chi connectivity index (χ2n) is 6.58. The third-order valence-corrected chi connectivity index (χ3v) is 5.05.